The molecular formula is C23H30N2O3. The lowest BCUT2D eigenvalue weighted by Crippen LogP contribution is -2.48. The second kappa shape index (κ2) is 6.31. The molecule has 1 saturated heterocycles. The summed E-state index contributed by atoms with van der Waals surface area (Å²) in [5.74, 6) is -0.586. The molecule has 5 rings (SSSR count). The quantitative estimate of drug-likeness (QED) is 0.820. The number of nitrogens with one attached hydrogen (secondary N) is 1. The van der Waals surface area contributed by atoms with Gasteiger partial charge >= 0.3 is 5.97 Å². The van der Waals surface area contributed by atoms with Crippen molar-refractivity contribution in [1.29, 1.82) is 0 Å². The Kier molecular flexibility index (Phi) is 4.10. The van der Waals surface area contributed by atoms with Crippen molar-refractivity contribution in [2.75, 3.05) is 6.54 Å². The van der Waals surface area contributed by atoms with Gasteiger partial charge in [0.2, 0.25) is 5.91 Å². The maximum atomic E-state index is 13.2. The predicted molar refractivity (Wildman–Crippen MR) is 106 cm³/mol. The lowest BCUT2D eigenvalue weighted by molar-refractivity contribution is -0.148. The molecule has 150 valence electrons. The van der Waals surface area contributed by atoms with E-state index in [1.807, 2.05) is 0 Å². The fourth-order valence-electron chi connectivity index (χ4n) is 6.49. The summed E-state index contributed by atoms with van der Waals surface area (Å²) in [4.78, 5) is 27.5. The molecule has 1 heterocycles. The van der Waals surface area contributed by atoms with Crippen LogP contribution >= 0.6 is 0 Å². The van der Waals surface area contributed by atoms with Crippen LogP contribution < -0.4 is 5.32 Å². The minimum absolute atomic E-state index is 0.120. The molecule has 28 heavy (non-hydrogen) atoms. The van der Waals surface area contributed by atoms with Crippen molar-refractivity contribution in [3.8, 4) is 0 Å². The van der Waals surface area contributed by atoms with E-state index in [4.69, 9.17) is 0 Å². The topological polar surface area (TPSA) is 69.6 Å². The van der Waals surface area contributed by atoms with Gasteiger partial charge in [-0.2, -0.15) is 0 Å². The summed E-state index contributed by atoms with van der Waals surface area (Å²) in [5.41, 5.74) is 0.512. The number of carboxylic acid groups (broad SMARTS) is 1. The van der Waals surface area contributed by atoms with Gasteiger partial charge in [0.25, 0.3) is 0 Å². The molecule has 5 nitrogen and oxygen atoms in total. The number of amides is 1. The number of carbonyl (C=O) groups is 2. The fourth-order valence-corrected chi connectivity index (χ4v) is 6.49. The van der Waals surface area contributed by atoms with Crippen LogP contribution in [0.15, 0.2) is 30.3 Å². The number of hydrogen-bond acceptors (Lipinski definition) is 3. The van der Waals surface area contributed by atoms with Gasteiger partial charge in [0.15, 0.2) is 0 Å². The molecule has 1 aromatic carbocycles. The van der Waals surface area contributed by atoms with Gasteiger partial charge in [0.05, 0.1) is 10.8 Å². The highest BCUT2D eigenvalue weighted by molar-refractivity contribution is 5.87. The first-order chi connectivity index (χ1) is 13.5. The van der Waals surface area contributed by atoms with Crippen LogP contribution in [0.3, 0.4) is 0 Å². The lowest BCUT2D eigenvalue weighted by Gasteiger charge is -2.46. The number of benzene rings is 1. The third kappa shape index (κ3) is 2.70. The van der Waals surface area contributed by atoms with Gasteiger partial charge in [-0.05, 0) is 63.4 Å². The number of hydrogen-bond donors (Lipinski definition) is 2. The molecule has 4 fully saturated rings. The summed E-state index contributed by atoms with van der Waals surface area (Å²) >= 11 is 0. The van der Waals surface area contributed by atoms with Crippen molar-refractivity contribution in [2.24, 2.45) is 10.8 Å². The minimum atomic E-state index is -0.706. The second-order valence-electron chi connectivity index (χ2n) is 9.86. The zero-order valence-electron chi connectivity index (χ0n) is 16.5. The number of rotatable bonds is 5. The molecule has 1 amide bonds. The maximum absolute atomic E-state index is 13.2. The van der Waals surface area contributed by atoms with E-state index >= 15 is 0 Å². The summed E-state index contributed by atoms with van der Waals surface area (Å²) in [7, 11) is 0. The third-order valence-electron chi connectivity index (χ3n) is 8.35. The Morgan fingerprint density at radius 1 is 1.04 bits per heavy atom. The lowest BCUT2D eigenvalue weighted by atomic mass is 9.74. The van der Waals surface area contributed by atoms with E-state index < -0.39 is 16.8 Å². The average Bonchev–Trinajstić information content (AvgIpc) is 3.34. The number of aliphatic carboxylic acids is 1. The largest absolute Gasteiger partial charge is 0.481 e. The Labute approximate surface area is 166 Å². The van der Waals surface area contributed by atoms with Crippen LogP contribution in [0.2, 0.25) is 0 Å². The predicted octanol–water partition coefficient (Wildman–Crippen LogP) is 3.33. The number of fused-ring (bicyclic) bond motifs is 2. The molecule has 1 spiro atoms. The molecule has 3 aliphatic carbocycles. The highest BCUT2D eigenvalue weighted by Gasteiger charge is 2.62. The Morgan fingerprint density at radius 3 is 2.29 bits per heavy atom. The summed E-state index contributed by atoms with van der Waals surface area (Å²) in [6.07, 6.45) is 8.07. The molecule has 4 aliphatic rings. The Balaban J connectivity index is 1.27. The number of carbonyl (C=O) groups excluding carboxylic acids is 1. The van der Waals surface area contributed by atoms with Gasteiger partial charge in [-0.15, -0.1) is 0 Å². The Morgan fingerprint density at radius 2 is 1.71 bits per heavy atom. The molecule has 2 bridgehead atoms. The summed E-state index contributed by atoms with van der Waals surface area (Å²) in [6, 6.07) is 10.8. The van der Waals surface area contributed by atoms with E-state index in [1.165, 1.54) is 24.8 Å². The smallest absolute Gasteiger partial charge is 0.309 e. The van der Waals surface area contributed by atoms with Crippen LogP contribution in [0.5, 0.6) is 0 Å². The van der Waals surface area contributed by atoms with Gasteiger partial charge in [-0.1, -0.05) is 30.3 Å². The average molecular weight is 383 g/mol. The number of likely N-dealkylation sites (tertiary alicyclic amines) is 1. The highest BCUT2D eigenvalue weighted by atomic mass is 16.4. The van der Waals surface area contributed by atoms with Crippen molar-refractivity contribution in [2.45, 2.75) is 75.9 Å². The van der Waals surface area contributed by atoms with Gasteiger partial charge in [0, 0.05) is 24.7 Å². The molecule has 1 aliphatic heterocycles. The van der Waals surface area contributed by atoms with Crippen LogP contribution in [0, 0.1) is 10.8 Å². The van der Waals surface area contributed by atoms with Gasteiger partial charge < -0.3 is 10.4 Å². The first-order valence-electron chi connectivity index (χ1n) is 10.8. The van der Waals surface area contributed by atoms with E-state index in [-0.39, 0.29) is 17.5 Å². The first-order valence-corrected chi connectivity index (χ1v) is 10.8. The summed E-state index contributed by atoms with van der Waals surface area (Å²) < 4.78 is 0. The van der Waals surface area contributed by atoms with Crippen molar-refractivity contribution < 1.29 is 14.7 Å². The zero-order chi connectivity index (χ0) is 19.4. The van der Waals surface area contributed by atoms with Crippen LogP contribution in [-0.4, -0.2) is 40.0 Å². The monoisotopic (exact) mass is 382 g/mol. The molecule has 0 radical (unpaired) electrons. The highest BCUT2D eigenvalue weighted by Crippen LogP contribution is 2.61. The van der Waals surface area contributed by atoms with Crippen LogP contribution in [-0.2, 0) is 16.1 Å². The Bertz CT molecular complexity index is 778. The van der Waals surface area contributed by atoms with Gasteiger partial charge in [0.1, 0.15) is 0 Å². The third-order valence-corrected chi connectivity index (χ3v) is 8.35. The van der Waals surface area contributed by atoms with Gasteiger partial charge in [-0.3, -0.25) is 14.5 Å². The van der Waals surface area contributed by atoms with Crippen molar-refractivity contribution in [3.63, 3.8) is 0 Å². The van der Waals surface area contributed by atoms with Crippen LogP contribution in [0.25, 0.3) is 0 Å². The molecular weight excluding hydrogens is 352 g/mol. The molecule has 1 atom stereocenters. The maximum Gasteiger partial charge on any atom is 0.309 e. The summed E-state index contributed by atoms with van der Waals surface area (Å²) in [6.45, 7) is 1.85. The van der Waals surface area contributed by atoms with Crippen molar-refractivity contribution >= 4 is 11.9 Å². The molecule has 1 unspecified atom stereocenters. The van der Waals surface area contributed by atoms with E-state index in [2.05, 4.69) is 40.5 Å². The molecule has 1 aromatic rings. The molecule has 3 saturated carbocycles. The molecule has 2 N–H and O–H groups in total. The molecule has 5 heteroatoms. The van der Waals surface area contributed by atoms with Crippen LogP contribution in [0.4, 0.5) is 0 Å². The number of carboxylic acids is 1. The second-order valence-corrected chi connectivity index (χ2v) is 9.86. The zero-order valence-corrected chi connectivity index (χ0v) is 16.5. The van der Waals surface area contributed by atoms with E-state index in [0.29, 0.717) is 19.3 Å². The van der Waals surface area contributed by atoms with Crippen molar-refractivity contribution in [1.82, 2.24) is 10.2 Å². The normalized spacial score (nSPS) is 35.8. The molecule has 0 aromatic heterocycles. The van der Waals surface area contributed by atoms with Crippen molar-refractivity contribution in [3.05, 3.63) is 35.9 Å². The fraction of sp³-hybridized carbons (Fsp3) is 0.652. The minimum Gasteiger partial charge on any atom is -0.481 e. The SMILES string of the molecule is O=C(O)C12CCC(C(=O)NC3CN(Cc4ccccc4)C4(CCC4)C3)(CC1)C2. The van der Waals surface area contributed by atoms with E-state index in [0.717, 1.165) is 32.4 Å². The standard InChI is InChI=1S/C23H30N2O3/c26-19(21-9-11-22(16-21,12-10-21)20(27)28)24-18-13-23(7-4-8-23)25(15-18)14-17-5-2-1-3-6-17/h1-3,5-6,18H,4,7-16H2,(H,24,26)(H,27,28). The Hall–Kier alpha value is -1.88. The van der Waals surface area contributed by atoms with E-state index in [1.54, 1.807) is 0 Å². The van der Waals surface area contributed by atoms with Gasteiger partial charge in [-0.25, -0.2) is 0 Å². The number of nitrogens with zero attached hydrogens (tertiary/aromatic N) is 1. The van der Waals surface area contributed by atoms with Crippen LogP contribution in [0.1, 0.15) is 63.4 Å². The summed E-state index contributed by atoms with van der Waals surface area (Å²) in [5, 5.41) is 13.0. The van der Waals surface area contributed by atoms with E-state index in [9.17, 15) is 14.7 Å². The first kappa shape index (κ1) is 18.2.